The van der Waals surface area contributed by atoms with Crippen molar-refractivity contribution in [2.45, 2.75) is 20.4 Å². The van der Waals surface area contributed by atoms with Gasteiger partial charge in [-0.05, 0) is 26.0 Å². The van der Waals surface area contributed by atoms with Crippen molar-refractivity contribution in [3.05, 3.63) is 33.9 Å². The van der Waals surface area contributed by atoms with Gasteiger partial charge in [-0.2, -0.15) is 0 Å². The van der Waals surface area contributed by atoms with Crippen LogP contribution < -0.4 is 11.1 Å². The van der Waals surface area contributed by atoms with Crippen LogP contribution >= 0.6 is 11.3 Å². The third-order valence-corrected chi connectivity index (χ3v) is 3.07. The second kappa shape index (κ2) is 4.49. The van der Waals surface area contributed by atoms with E-state index >= 15 is 0 Å². The van der Waals surface area contributed by atoms with E-state index in [9.17, 15) is 0 Å². The third-order valence-electron chi connectivity index (χ3n) is 2.24. The molecule has 2 aromatic rings. The number of pyridine rings is 1. The maximum atomic E-state index is 5.70. The predicted molar refractivity (Wildman–Crippen MR) is 67.6 cm³/mol. The van der Waals surface area contributed by atoms with Gasteiger partial charge in [-0.15, -0.1) is 11.3 Å². The molecule has 0 aliphatic heterocycles. The molecule has 0 radical (unpaired) electrons. The van der Waals surface area contributed by atoms with Gasteiger partial charge in [-0.25, -0.2) is 9.97 Å². The average molecular weight is 234 g/mol. The number of anilines is 2. The Bertz CT molecular complexity index is 492. The molecule has 5 heteroatoms. The van der Waals surface area contributed by atoms with Crippen molar-refractivity contribution in [2.75, 3.05) is 11.1 Å². The molecule has 0 aliphatic rings. The Hall–Kier alpha value is -1.62. The van der Waals surface area contributed by atoms with Crippen LogP contribution in [0.4, 0.5) is 11.5 Å². The van der Waals surface area contributed by atoms with Gasteiger partial charge in [0.25, 0.3) is 0 Å². The smallest absolute Gasteiger partial charge is 0.126 e. The molecule has 0 unspecified atom stereocenters. The summed E-state index contributed by atoms with van der Waals surface area (Å²) in [7, 11) is 0. The lowest BCUT2D eigenvalue weighted by molar-refractivity contribution is 1.03. The van der Waals surface area contributed by atoms with E-state index in [4.69, 9.17) is 5.73 Å². The highest BCUT2D eigenvalue weighted by Gasteiger charge is 2.00. The zero-order chi connectivity index (χ0) is 11.5. The number of aryl methyl sites for hydroxylation is 2. The number of rotatable bonds is 3. The summed E-state index contributed by atoms with van der Waals surface area (Å²) < 4.78 is 0. The fraction of sp³-hybridized carbons (Fsp3) is 0.273. The van der Waals surface area contributed by atoms with Crippen LogP contribution in [0.5, 0.6) is 0 Å². The van der Waals surface area contributed by atoms with Gasteiger partial charge in [-0.3, -0.25) is 0 Å². The van der Waals surface area contributed by atoms with E-state index in [0.29, 0.717) is 6.54 Å². The van der Waals surface area contributed by atoms with Gasteiger partial charge >= 0.3 is 0 Å². The molecule has 0 spiro atoms. The van der Waals surface area contributed by atoms with Gasteiger partial charge in [0.05, 0.1) is 28.6 Å². The van der Waals surface area contributed by atoms with E-state index in [-0.39, 0.29) is 0 Å². The molecular weight excluding hydrogens is 220 g/mol. The minimum Gasteiger partial charge on any atom is -0.397 e. The maximum absolute atomic E-state index is 5.70. The summed E-state index contributed by atoms with van der Waals surface area (Å²) in [6.07, 6.45) is 0. The van der Waals surface area contributed by atoms with Crippen LogP contribution in [0.25, 0.3) is 0 Å². The Morgan fingerprint density at radius 3 is 2.75 bits per heavy atom. The lowest BCUT2D eigenvalue weighted by atomic mass is 10.3. The van der Waals surface area contributed by atoms with Crippen LogP contribution in [0.1, 0.15) is 16.4 Å². The van der Waals surface area contributed by atoms with Gasteiger partial charge in [0, 0.05) is 5.38 Å². The van der Waals surface area contributed by atoms with Crippen molar-refractivity contribution in [2.24, 2.45) is 0 Å². The third kappa shape index (κ3) is 2.49. The van der Waals surface area contributed by atoms with E-state index in [1.54, 1.807) is 11.3 Å². The van der Waals surface area contributed by atoms with Gasteiger partial charge in [0.15, 0.2) is 0 Å². The largest absolute Gasteiger partial charge is 0.397 e. The van der Waals surface area contributed by atoms with Crippen LogP contribution in [0.15, 0.2) is 17.5 Å². The predicted octanol–water partition coefficient (Wildman–Crippen LogP) is 2.35. The quantitative estimate of drug-likeness (QED) is 0.855. The number of nitrogen functional groups attached to an aromatic ring is 1. The minimum absolute atomic E-state index is 0.695. The molecule has 2 rings (SSSR count). The van der Waals surface area contributed by atoms with Crippen LogP contribution in [-0.4, -0.2) is 9.97 Å². The van der Waals surface area contributed by atoms with E-state index in [1.165, 1.54) is 0 Å². The number of thiazole rings is 1. The molecule has 0 bridgehead atoms. The molecule has 0 amide bonds. The van der Waals surface area contributed by atoms with Gasteiger partial charge in [0.2, 0.25) is 0 Å². The lowest BCUT2D eigenvalue weighted by Crippen LogP contribution is -2.03. The number of nitrogens with zero attached hydrogens (tertiary/aromatic N) is 2. The Labute approximate surface area is 98.6 Å². The zero-order valence-electron chi connectivity index (χ0n) is 9.32. The molecule has 0 aromatic carbocycles. The summed E-state index contributed by atoms with van der Waals surface area (Å²) in [5.41, 5.74) is 8.30. The van der Waals surface area contributed by atoms with Crippen LogP contribution in [0.3, 0.4) is 0 Å². The lowest BCUT2D eigenvalue weighted by Gasteiger charge is -2.05. The van der Waals surface area contributed by atoms with Crippen molar-refractivity contribution in [3.63, 3.8) is 0 Å². The Balaban J connectivity index is 2.02. The molecule has 2 aromatic heterocycles. The first kappa shape index (κ1) is 10.9. The summed E-state index contributed by atoms with van der Waals surface area (Å²) in [5, 5.41) is 6.35. The van der Waals surface area contributed by atoms with Crippen molar-refractivity contribution >= 4 is 22.8 Å². The van der Waals surface area contributed by atoms with E-state index < -0.39 is 0 Å². The molecule has 3 N–H and O–H groups in total. The number of hydrogen-bond acceptors (Lipinski definition) is 5. The number of hydrogen-bond donors (Lipinski definition) is 2. The highest BCUT2D eigenvalue weighted by molar-refractivity contribution is 7.09. The van der Waals surface area contributed by atoms with Crippen LogP contribution in [-0.2, 0) is 6.54 Å². The summed E-state index contributed by atoms with van der Waals surface area (Å²) in [4.78, 5) is 8.70. The average Bonchev–Trinajstić information content (AvgIpc) is 2.66. The Kier molecular flexibility index (Phi) is 3.05. The van der Waals surface area contributed by atoms with Crippen LogP contribution in [0.2, 0.25) is 0 Å². The summed E-state index contributed by atoms with van der Waals surface area (Å²) in [6.45, 7) is 4.59. The number of nitrogens with one attached hydrogen (secondary N) is 1. The number of nitrogens with two attached hydrogens (primary N) is 1. The molecular formula is C11H14N4S. The van der Waals surface area contributed by atoms with Crippen molar-refractivity contribution in [1.82, 2.24) is 9.97 Å². The Morgan fingerprint density at radius 1 is 1.31 bits per heavy atom. The number of aromatic nitrogens is 2. The van der Waals surface area contributed by atoms with Gasteiger partial charge < -0.3 is 11.1 Å². The minimum atomic E-state index is 0.695. The van der Waals surface area contributed by atoms with Crippen LogP contribution in [0, 0.1) is 13.8 Å². The first-order valence-electron chi connectivity index (χ1n) is 5.03. The topological polar surface area (TPSA) is 63.8 Å². The molecule has 0 saturated heterocycles. The second-order valence-electron chi connectivity index (χ2n) is 3.58. The molecule has 0 fully saturated rings. The van der Waals surface area contributed by atoms with Crippen molar-refractivity contribution in [1.29, 1.82) is 0 Å². The normalized spacial score (nSPS) is 10.4. The van der Waals surface area contributed by atoms with E-state index in [1.807, 2.05) is 31.4 Å². The first-order chi connectivity index (χ1) is 7.65. The SMILES string of the molecule is Cc1nc(CNc2ccc(N)c(C)n2)cs1. The van der Waals surface area contributed by atoms with Gasteiger partial charge in [0.1, 0.15) is 5.82 Å². The molecule has 2 heterocycles. The monoisotopic (exact) mass is 234 g/mol. The second-order valence-corrected chi connectivity index (χ2v) is 4.64. The fourth-order valence-corrected chi connectivity index (χ4v) is 1.95. The summed E-state index contributed by atoms with van der Waals surface area (Å²) in [5.74, 6) is 0.831. The molecule has 0 saturated carbocycles. The van der Waals surface area contributed by atoms with Crippen molar-refractivity contribution < 1.29 is 0 Å². The molecule has 0 atom stereocenters. The molecule has 16 heavy (non-hydrogen) atoms. The van der Waals surface area contributed by atoms with Crippen molar-refractivity contribution in [3.8, 4) is 0 Å². The standard InChI is InChI=1S/C11H14N4S/c1-7-10(12)3-4-11(14-7)13-5-9-6-16-8(2)15-9/h3-4,6H,5,12H2,1-2H3,(H,13,14). The molecule has 84 valence electrons. The van der Waals surface area contributed by atoms with Gasteiger partial charge in [-0.1, -0.05) is 0 Å². The molecule has 0 aliphatic carbocycles. The maximum Gasteiger partial charge on any atom is 0.126 e. The summed E-state index contributed by atoms with van der Waals surface area (Å²) >= 11 is 1.65. The Morgan fingerprint density at radius 2 is 2.12 bits per heavy atom. The molecule has 4 nitrogen and oxygen atoms in total. The zero-order valence-corrected chi connectivity index (χ0v) is 10.1. The fourth-order valence-electron chi connectivity index (χ4n) is 1.34. The first-order valence-corrected chi connectivity index (χ1v) is 5.91. The highest BCUT2D eigenvalue weighted by Crippen LogP contribution is 2.13. The van der Waals surface area contributed by atoms with E-state index in [2.05, 4.69) is 15.3 Å². The van der Waals surface area contributed by atoms with E-state index in [0.717, 1.165) is 27.9 Å². The highest BCUT2D eigenvalue weighted by atomic mass is 32.1. The summed E-state index contributed by atoms with van der Waals surface area (Å²) in [6, 6.07) is 3.73.